The van der Waals surface area contributed by atoms with Crippen molar-refractivity contribution < 1.29 is 0 Å². The molecule has 0 aliphatic carbocycles. The van der Waals surface area contributed by atoms with Gasteiger partial charge in [0.2, 0.25) is 0 Å². The summed E-state index contributed by atoms with van der Waals surface area (Å²) in [5.41, 5.74) is 0. The van der Waals surface area contributed by atoms with E-state index < -0.39 is 0 Å². The predicted octanol–water partition coefficient (Wildman–Crippen LogP) is -3.93. The summed E-state index contributed by atoms with van der Waals surface area (Å²) >= 11 is 0. The Morgan fingerprint density at radius 3 is 1.25 bits per heavy atom. The maximum atomic E-state index is 2.14. The summed E-state index contributed by atoms with van der Waals surface area (Å²) in [6, 6.07) is 0. The van der Waals surface area contributed by atoms with Crippen molar-refractivity contribution in [1.82, 2.24) is 0 Å². The molecule has 0 bridgehead atoms. The summed E-state index contributed by atoms with van der Waals surface area (Å²) in [4.78, 5) is 0. The Kier molecular flexibility index (Phi) is 75.1. The van der Waals surface area contributed by atoms with E-state index in [-0.39, 0.29) is 60.8 Å². The molecule has 0 aliphatic rings. The SMILES string of the molecule is B[SiH3].[CaH2].[MgH2]. The fourth-order valence-electron chi connectivity index (χ4n) is 0. The van der Waals surface area contributed by atoms with Crippen molar-refractivity contribution in [1.29, 1.82) is 0 Å². The van der Waals surface area contributed by atoms with Gasteiger partial charge in [-0.15, -0.1) is 0 Å². The van der Waals surface area contributed by atoms with Gasteiger partial charge in [0.05, 0.1) is 7.44 Å². The third-order valence-corrected chi connectivity index (χ3v) is 0. The van der Waals surface area contributed by atoms with Crippen LogP contribution in [-0.4, -0.2) is 78.3 Å². The molecule has 0 spiro atoms. The zero-order valence-electron chi connectivity index (χ0n) is 2.00. The normalized spacial score (nSPS) is 2.00. The van der Waals surface area contributed by atoms with Gasteiger partial charge in [0.25, 0.3) is 0 Å². The molecular weight excluding hydrogens is 103 g/mol. The second kappa shape index (κ2) is 18.5. The topological polar surface area (TPSA) is 0 Å². The average Bonchev–Trinajstić information content (AvgIpc) is 1.00. The molecule has 0 radical (unpaired) electrons. The third kappa shape index (κ3) is 8.85. The fraction of sp³-hybridized carbons (Fsp3) is 0. The summed E-state index contributed by atoms with van der Waals surface area (Å²) in [7, 11) is 3.44. The van der Waals surface area contributed by atoms with Crippen molar-refractivity contribution in [2.24, 2.45) is 0 Å². The van der Waals surface area contributed by atoms with Crippen LogP contribution in [0.25, 0.3) is 0 Å². The Hall–Kier alpha value is 2.31. The molecule has 0 unspecified atom stereocenters. The third-order valence-electron chi connectivity index (χ3n) is 0. The molecule has 0 fully saturated rings. The minimum atomic E-state index is 0. The van der Waals surface area contributed by atoms with Crippen molar-refractivity contribution in [2.75, 3.05) is 0 Å². The van der Waals surface area contributed by atoms with Gasteiger partial charge in [-0.2, -0.15) is 0 Å². The second-order valence-corrected chi connectivity index (χ2v) is 0. The van der Waals surface area contributed by atoms with Crippen LogP contribution >= 0.6 is 0 Å². The molecule has 4 heavy (non-hydrogen) atoms. The molecule has 0 nitrogen and oxygen atoms in total. The van der Waals surface area contributed by atoms with Crippen molar-refractivity contribution >= 4 is 78.3 Å². The van der Waals surface area contributed by atoms with Crippen LogP contribution in [0.15, 0.2) is 0 Å². The molecule has 0 aromatic heterocycles. The van der Waals surface area contributed by atoms with Crippen LogP contribution in [0.1, 0.15) is 0 Å². The maximum Gasteiger partial charge on any atom is 0.316 e. The van der Waals surface area contributed by atoms with Gasteiger partial charge >= 0.3 is 60.8 Å². The van der Waals surface area contributed by atoms with Gasteiger partial charge in [-0.05, 0) is 10.1 Å². The molecule has 0 saturated carbocycles. The van der Waals surface area contributed by atoms with Gasteiger partial charge in [-0.1, -0.05) is 0 Å². The van der Waals surface area contributed by atoms with Crippen LogP contribution in [0.3, 0.4) is 0 Å². The molecule has 0 heterocycles. The van der Waals surface area contributed by atoms with Crippen LogP contribution in [0, 0.1) is 0 Å². The van der Waals surface area contributed by atoms with Crippen molar-refractivity contribution in [3.8, 4) is 0 Å². The molecule has 0 rings (SSSR count). The first-order valence-electron chi connectivity index (χ1n) is 1.00. The van der Waals surface area contributed by atoms with Crippen LogP contribution in [-0.2, 0) is 0 Å². The Morgan fingerprint density at radius 1 is 1.25 bits per heavy atom. The van der Waals surface area contributed by atoms with Crippen molar-refractivity contribution in [2.45, 2.75) is 0 Å². The largest absolute Gasteiger partial charge is 0.316 e. The molecule has 0 aromatic carbocycles. The zero-order chi connectivity index (χ0) is 2.00. The summed E-state index contributed by atoms with van der Waals surface area (Å²) in [5.74, 6) is 0. The van der Waals surface area contributed by atoms with Gasteiger partial charge in [0, 0.05) is 0 Å². The summed E-state index contributed by atoms with van der Waals surface area (Å²) < 4.78 is 0. The van der Waals surface area contributed by atoms with Crippen LogP contribution in [0.5, 0.6) is 0 Å². The predicted molar refractivity (Wildman–Crippen MR) is 35.6 cm³/mol. The van der Waals surface area contributed by atoms with Crippen LogP contribution in [0.4, 0.5) is 0 Å². The molecular formula is H9BCaMgSi. The number of hydrogen-bond acceptors (Lipinski definition) is 0. The van der Waals surface area contributed by atoms with E-state index in [0.29, 0.717) is 0 Å². The number of hydrogen-bond donors (Lipinski definition) is 0. The van der Waals surface area contributed by atoms with E-state index in [1.165, 1.54) is 10.1 Å². The molecule has 0 N–H and O–H groups in total. The Bertz CT molecular complexity index is 8.00. The van der Waals surface area contributed by atoms with Gasteiger partial charge in [-0.25, -0.2) is 0 Å². The smallest absolute Gasteiger partial charge is 0.316 e. The molecule has 0 aliphatic heterocycles. The Balaban J connectivity index is -0.00000000500. The van der Waals surface area contributed by atoms with E-state index in [1.54, 1.807) is 0 Å². The quantitative estimate of drug-likeness (QED) is 0.281. The first-order valence-corrected chi connectivity index (χ1v) is 3.00. The van der Waals surface area contributed by atoms with Gasteiger partial charge < -0.3 is 0 Å². The molecule has 0 saturated heterocycles. The van der Waals surface area contributed by atoms with E-state index in [2.05, 4.69) is 7.44 Å². The first kappa shape index (κ1) is 16.2. The van der Waals surface area contributed by atoms with E-state index in [0.717, 1.165) is 0 Å². The molecule has 0 amide bonds. The minimum absolute atomic E-state index is 0. The van der Waals surface area contributed by atoms with Crippen LogP contribution < -0.4 is 0 Å². The molecule has 0 aromatic rings. The van der Waals surface area contributed by atoms with E-state index in [9.17, 15) is 0 Å². The molecule has 20 valence electrons. The number of rotatable bonds is 0. The molecule has 0 atom stereocenters. The Morgan fingerprint density at radius 2 is 1.25 bits per heavy atom. The molecule has 4 heteroatoms. The van der Waals surface area contributed by atoms with Gasteiger partial charge in [0.1, 0.15) is 0 Å². The van der Waals surface area contributed by atoms with E-state index >= 15 is 0 Å². The van der Waals surface area contributed by atoms with E-state index in [4.69, 9.17) is 0 Å². The zero-order valence-corrected chi connectivity index (χ0v) is 4.00. The second-order valence-electron chi connectivity index (χ2n) is 0. The van der Waals surface area contributed by atoms with Gasteiger partial charge in [0.15, 0.2) is 0 Å². The summed E-state index contributed by atoms with van der Waals surface area (Å²) in [6.45, 7) is 0. The summed E-state index contributed by atoms with van der Waals surface area (Å²) in [6.07, 6.45) is 0. The summed E-state index contributed by atoms with van der Waals surface area (Å²) in [5, 5.41) is 0. The maximum absolute atomic E-state index is 2.14. The van der Waals surface area contributed by atoms with Gasteiger partial charge in [-0.3, -0.25) is 0 Å². The first-order chi connectivity index (χ1) is 1.00. The standard InChI is InChI=1S/BH5Si.Ca.Mg.4H/c1-2;;;;;;/h1H2,2H3;;;;;;. The van der Waals surface area contributed by atoms with Crippen LogP contribution in [0.2, 0.25) is 0 Å². The monoisotopic (exact) mass is 112 g/mol. The van der Waals surface area contributed by atoms with Crippen molar-refractivity contribution in [3.63, 3.8) is 0 Å². The fourth-order valence-corrected chi connectivity index (χ4v) is 0. The van der Waals surface area contributed by atoms with E-state index in [1.807, 2.05) is 0 Å². The van der Waals surface area contributed by atoms with Crippen molar-refractivity contribution in [3.05, 3.63) is 0 Å². The minimum Gasteiger partial charge on any atom is 0.316 e. The Labute approximate surface area is 77.0 Å². The average molecular weight is 112 g/mol.